The van der Waals surface area contributed by atoms with Crippen LogP contribution in [0.5, 0.6) is 11.5 Å². The Balaban J connectivity index is 1.74. The average molecular weight is 452 g/mol. The Hall–Kier alpha value is -3.74. The van der Waals surface area contributed by atoms with Crippen molar-refractivity contribution in [1.82, 2.24) is 0 Å². The largest absolute Gasteiger partial charge is 0.496 e. The van der Waals surface area contributed by atoms with Crippen molar-refractivity contribution >= 4 is 17.5 Å². The van der Waals surface area contributed by atoms with Gasteiger partial charge >= 0.3 is 6.18 Å². The van der Waals surface area contributed by atoms with Gasteiger partial charge in [0.05, 0.1) is 37.2 Å². The van der Waals surface area contributed by atoms with Crippen LogP contribution in [0.4, 0.5) is 18.9 Å². The summed E-state index contributed by atoms with van der Waals surface area (Å²) < 4.78 is 51.0. The molecule has 1 aliphatic heterocycles. The number of ether oxygens (including phenoxy) is 2. The van der Waals surface area contributed by atoms with Gasteiger partial charge in [-0.15, -0.1) is 0 Å². The average Bonchev–Trinajstić information content (AvgIpc) is 3.26. The number of hydrogen-bond acceptors (Lipinski definition) is 4. The number of methoxy groups -OCH3 is 2. The number of nitrogens with zero attached hydrogens (tertiary/aromatic N) is 2. The Labute approximate surface area is 190 Å². The highest BCUT2D eigenvalue weighted by atomic mass is 19.4. The standard InChI is InChI=1S/C26H23F3N2O2/c1-32-24-12-5-3-8-18(24)14-15-20-17-23(22-11-4-6-13-25(22)33-2)31(30-20)21-10-7-9-19(16-21)26(27,28)29/h3-16,23H,17H2,1-2H3/b15-14+. The number of benzene rings is 3. The second-order valence-electron chi connectivity index (χ2n) is 7.52. The molecule has 4 rings (SSSR count). The Kier molecular flexibility index (Phi) is 6.40. The molecule has 1 heterocycles. The monoisotopic (exact) mass is 452 g/mol. The summed E-state index contributed by atoms with van der Waals surface area (Å²) in [6.45, 7) is 0. The number of hydrazone groups is 1. The van der Waals surface area contributed by atoms with E-state index in [-0.39, 0.29) is 6.04 Å². The molecule has 7 heteroatoms. The number of allylic oxidation sites excluding steroid dienone is 1. The lowest BCUT2D eigenvalue weighted by atomic mass is 9.99. The Morgan fingerprint density at radius 3 is 2.30 bits per heavy atom. The molecule has 3 aromatic carbocycles. The lowest BCUT2D eigenvalue weighted by Gasteiger charge is -2.26. The highest BCUT2D eigenvalue weighted by Gasteiger charge is 2.34. The van der Waals surface area contributed by atoms with Crippen LogP contribution in [0.3, 0.4) is 0 Å². The zero-order valence-electron chi connectivity index (χ0n) is 18.2. The van der Waals surface area contributed by atoms with Crippen molar-refractivity contribution < 1.29 is 22.6 Å². The van der Waals surface area contributed by atoms with E-state index in [2.05, 4.69) is 5.10 Å². The van der Waals surface area contributed by atoms with Crippen molar-refractivity contribution in [3.63, 3.8) is 0 Å². The molecule has 33 heavy (non-hydrogen) atoms. The van der Waals surface area contributed by atoms with Crippen LogP contribution in [0.15, 0.2) is 84.0 Å². The minimum atomic E-state index is -4.44. The first-order chi connectivity index (χ1) is 15.9. The molecular formula is C26H23F3N2O2. The molecule has 0 aromatic heterocycles. The van der Waals surface area contributed by atoms with Gasteiger partial charge in [0.1, 0.15) is 11.5 Å². The van der Waals surface area contributed by atoms with Crippen molar-refractivity contribution in [1.29, 1.82) is 0 Å². The van der Waals surface area contributed by atoms with Gasteiger partial charge in [-0.1, -0.05) is 42.5 Å². The lowest BCUT2D eigenvalue weighted by Crippen LogP contribution is -2.20. The number of rotatable bonds is 6. The Morgan fingerprint density at radius 2 is 1.58 bits per heavy atom. The Bertz CT molecular complexity index is 1190. The lowest BCUT2D eigenvalue weighted by molar-refractivity contribution is -0.137. The van der Waals surface area contributed by atoms with Crippen LogP contribution in [0, 0.1) is 0 Å². The molecule has 3 aromatic rings. The van der Waals surface area contributed by atoms with Crippen molar-refractivity contribution in [3.8, 4) is 11.5 Å². The third-order valence-electron chi connectivity index (χ3n) is 5.46. The van der Waals surface area contributed by atoms with E-state index in [0.717, 1.165) is 34.7 Å². The maximum atomic E-state index is 13.4. The van der Waals surface area contributed by atoms with E-state index >= 15 is 0 Å². The molecule has 0 radical (unpaired) electrons. The maximum absolute atomic E-state index is 13.4. The van der Waals surface area contributed by atoms with Crippen LogP contribution < -0.4 is 14.5 Å². The van der Waals surface area contributed by atoms with Crippen molar-refractivity contribution in [2.24, 2.45) is 5.10 Å². The van der Waals surface area contributed by atoms with Gasteiger partial charge in [-0.2, -0.15) is 18.3 Å². The predicted octanol–water partition coefficient (Wildman–Crippen LogP) is 6.74. The molecule has 0 aliphatic carbocycles. The summed E-state index contributed by atoms with van der Waals surface area (Å²) in [7, 11) is 3.18. The van der Waals surface area contributed by atoms with E-state index in [1.807, 2.05) is 60.7 Å². The quantitative estimate of drug-likeness (QED) is 0.415. The van der Waals surface area contributed by atoms with Crippen LogP contribution in [0.2, 0.25) is 0 Å². The van der Waals surface area contributed by atoms with Gasteiger partial charge in [0.25, 0.3) is 0 Å². The minimum absolute atomic E-state index is 0.318. The second-order valence-corrected chi connectivity index (χ2v) is 7.52. The molecular weight excluding hydrogens is 429 g/mol. The van der Waals surface area contributed by atoms with Crippen LogP contribution in [0.1, 0.15) is 29.2 Å². The maximum Gasteiger partial charge on any atom is 0.416 e. The molecule has 0 saturated carbocycles. The summed E-state index contributed by atoms with van der Waals surface area (Å²) in [5, 5.41) is 6.32. The topological polar surface area (TPSA) is 34.1 Å². The van der Waals surface area contributed by atoms with E-state index in [1.54, 1.807) is 25.3 Å². The van der Waals surface area contributed by atoms with Gasteiger partial charge in [0.2, 0.25) is 0 Å². The zero-order valence-corrected chi connectivity index (χ0v) is 18.2. The summed E-state index contributed by atoms with van der Waals surface area (Å²) in [4.78, 5) is 0. The van der Waals surface area contributed by atoms with Crippen LogP contribution in [0.25, 0.3) is 6.08 Å². The van der Waals surface area contributed by atoms with Gasteiger partial charge in [-0.3, -0.25) is 5.01 Å². The van der Waals surface area contributed by atoms with Gasteiger partial charge in [0.15, 0.2) is 0 Å². The SMILES string of the molecule is COc1ccccc1/C=C/C1=NN(c2cccc(C(F)(F)F)c2)C(c2ccccc2OC)C1. The van der Waals surface area contributed by atoms with Gasteiger partial charge in [0, 0.05) is 17.5 Å². The van der Waals surface area contributed by atoms with Crippen molar-refractivity contribution in [3.05, 3.63) is 95.6 Å². The first kappa shape index (κ1) is 22.5. The molecule has 0 spiro atoms. The minimum Gasteiger partial charge on any atom is -0.496 e. The number of anilines is 1. The molecule has 0 N–H and O–H groups in total. The predicted molar refractivity (Wildman–Crippen MR) is 124 cm³/mol. The number of halogens is 3. The van der Waals surface area contributed by atoms with Gasteiger partial charge in [-0.05, 0) is 42.5 Å². The van der Waals surface area contributed by atoms with Crippen LogP contribution in [-0.2, 0) is 6.18 Å². The third kappa shape index (κ3) is 4.87. The van der Waals surface area contributed by atoms with E-state index in [0.29, 0.717) is 17.9 Å². The van der Waals surface area contributed by atoms with E-state index in [4.69, 9.17) is 9.47 Å². The second kappa shape index (κ2) is 9.40. The summed E-state index contributed by atoms with van der Waals surface area (Å²) in [6.07, 6.45) is -0.172. The fraction of sp³-hybridized carbons (Fsp3) is 0.192. The molecule has 0 amide bonds. The Morgan fingerprint density at radius 1 is 0.879 bits per heavy atom. The van der Waals surface area contributed by atoms with E-state index in [1.165, 1.54) is 6.07 Å². The smallest absolute Gasteiger partial charge is 0.416 e. The van der Waals surface area contributed by atoms with Crippen molar-refractivity contribution in [2.45, 2.75) is 18.6 Å². The molecule has 1 aliphatic rings. The molecule has 170 valence electrons. The van der Waals surface area contributed by atoms with E-state index in [9.17, 15) is 13.2 Å². The molecule has 0 bridgehead atoms. The van der Waals surface area contributed by atoms with Gasteiger partial charge in [-0.25, -0.2) is 0 Å². The highest BCUT2D eigenvalue weighted by Crippen LogP contribution is 2.41. The molecule has 0 saturated heterocycles. The number of para-hydroxylation sites is 2. The van der Waals surface area contributed by atoms with Crippen LogP contribution >= 0.6 is 0 Å². The third-order valence-corrected chi connectivity index (χ3v) is 5.46. The zero-order chi connectivity index (χ0) is 23.4. The first-order valence-corrected chi connectivity index (χ1v) is 10.4. The van der Waals surface area contributed by atoms with Gasteiger partial charge < -0.3 is 9.47 Å². The number of alkyl halides is 3. The molecule has 0 fully saturated rings. The summed E-state index contributed by atoms with van der Waals surface area (Å²) >= 11 is 0. The van der Waals surface area contributed by atoms with Crippen LogP contribution in [-0.4, -0.2) is 19.9 Å². The summed E-state index contributed by atoms with van der Waals surface area (Å²) in [5.74, 6) is 1.38. The molecule has 1 unspecified atom stereocenters. The fourth-order valence-electron chi connectivity index (χ4n) is 3.87. The number of hydrogen-bond donors (Lipinski definition) is 0. The summed E-state index contributed by atoms with van der Waals surface area (Å²) in [6, 6.07) is 20.0. The van der Waals surface area contributed by atoms with E-state index < -0.39 is 11.7 Å². The molecule has 1 atom stereocenters. The van der Waals surface area contributed by atoms with Crippen molar-refractivity contribution in [2.75, 3.05) is 19.2 Å². The normalized spacial score (nSPS) is 16.2. The summed E-state index contributed by atoms with van der Waals surface area (Å²) in [5.41, 5.74) is 2.11. The first-order valence-electron chi connectivity index (χ1n) is 10.4. The highest BCUT2D eigenvalue weighted by molar-refractivity contribution is 6.01. The molecule has 4 nitrogen and oxygen atoms in total. The fourth-order valence-corrected chi connectivity index (χ4v) is 3.87.